The zero-order valence-electron chi connectivity index (χ0n) is 14.2. The lowest BCUT2D eigenvalue weighted by molar-refractivity contribution is -0.119. The lowest BCUT2D eigenvalue weighted by Crippen LogP contribution is -2.34. The Kier molecular flexibility index (Phi) is 5.52. The second kappa shape index (κ2) is 7.24. The highest BCUT2D eigenvalue weighted by Crippen LogP contribution is 2.31. The van der Waals surface area contributed by atoms with Crippen LogP contribution in [0.3, 0.4) is 0 Å². The van der Waals surface area contributed by atoms with E-state index < -0.39 is 0 Å². The summed E-state index contributed by atoms with van der Waals surface area (Å²) >= 11 is 0. The number of halogens is 1. The van der Waals surface area contributed by atoms with Crippen molar-refractivity contribution in [1.29, 1.82) is 0 Å². The third-order valence-electron chi connectivity index (χ3n) is 4.56. The zero-order chi connectivity index (χ0) is 16.6. The molecule has 3 aromatic rings. The molecule has 0 bridgehead atoms. The summed E-state index contributed by atoms with van der Waals surface area (Å²) in [7, 11) is 0. The van der Waals surface area contributed by atoms with Gasteiger partial charge in [0, 0.05) is 40.1 Å². The van der Waals surface area contributed by atoms with Gasteiger partial charge >= 0.3 is 0 Å². The molecule has 0 saturated heterocycles. The molecule has 3 N–H and O–H groups in total. The predicted octanol–water partition coefficient (Wildman–Crippen LogP) is 4.16. The normalized spacial score (nSPS) is 13.5. The van der Waals surface area contributed by atoms with Crippen molar-refractivity contribution < 1.29 is 4.79 Å². The summed E-state index contributed by atoms with van der Waals surface area (Å²) in [6.45, 7) is 6.76. The summed E-state index contributed by atoms with van der Waals surface area (Å²) in [5.41, 5.74) is 9.03. The number of nitrogens with zero attached hydrogens (tertiary/aromatic N) is 1. The molecule has 2 unspecified atom stereocenters. The molecular formula is C19H24ClN3O. The Morgan fingerprint density at radius 2 is 1.79 bits per heavy atom. The van der Waals surface area contributed by atoms with Crippen LogP contribution in [-0.2, 0) is 11.3 Å². The molecule has 4 nitrogen and oxygen atoms in total. The van der Waals surface area contributed by atoms with E-state index in [0.717, 1.165) is 17.6 Å². The number of hydrogen-bond acceptors (Lipinski definition) is 2. The lowest BCUT2D eigenvalue weighted by Gasteiger charge is -2.15. The molecule has 128 valence electrons. The van der Waals surface area contributed by atoms with Crippen molar-refractivity contribution in [3.8, 4) is 0 Å². The quantitative estimate of drug-likeness (QED) is 0.746. The van der Waals surface area contributed by atoms with Gasteiger partial charge in [0.15, 0.2) is 0 Å². The number of aryl methyl sites for hydroxylation is 1. The molecule has 0 aliphatic carbocycles. The Labute approximate surface area is 148 Å². The van der Waals surface area contributed by atoms with E-state index in [4.69, 9.17) is 5.73 Å². The first-order chi connectivity index (χ1) is 11.0. The highest BCUT2D eigenvalue weighted by Gasteiger charge is 2.17. The van der Waals surface area contributed by atoms with Crippen LogP contribution in [0.4, 0.5) is 5.69 Å². The Morgan fingerprint density at radius 3 is 2.46 bits per heavy atom. The van der Waals surface area contributed by atoms with Crippen LogP contribution in [0.2, 0.25) is 0 Å². The first kappa shape index (κ1) is 18.3. The fraction of sp³-hybridized carbons (Fsp3) is 0.316. The molecule has 1 aromatic heterocycles. The van der Waals surface area contributed by atoms with Crippen LogP contribution in [0.25, 0.3) is 21.8 Å². The second-order valence-corrected chi connectivity index (χ2v) is 6.13. The number of benzene rings is 2. The molecule has 2 atom stereocenters. The van der Waals surface area contributed by atoms with E-state index in [9.17, 15) is 4.79 Å². The number of carbonyl (C=O) groups is 1. The second-order valence-electron chi connectivity index (χ2n) is 6.13. The Balaban J connectivity index is 0.00000208. The molecule has 3 rings (SSSR count). The number of fused-ring (bicyclic) bond motifs is 3. The number of hydrogen-bond donors (Lipinski definition) is 2. The van der Waals surface area contributed by atoms with Crippen LogP contribution >= 0.6 is 12.4 Å². The number of amides is 1. The minimum absolute atomic E-state index is 0. The summed E-state index contributed by atoms with van der Waals surface area (Å²) in [6.07, 6.45) is 0. The number of rotatable bonds is 4. The van der Waals surface area contributed by atoms with Gasteiger partial charge in [-0.2, -0.15) is 0 Å². The van der Waals surface area contributed by atoms with Crippen LogP contribution in [-0.4, -0.2) is 16.5 Å². The van der Waals surface area contributed by atoms with Crippen molar-refractivity contribution in [2.45, 2.75) is 33.4 Å². The first-order valence-corrected chi connectivity index (χ1v) is 8.10. The average Bonchev–Trinajstić information content (AvgIpc) is 2.87. The third kappa shape index (κ3) is 3.12. The predicted molar refractivity (Wildman–Crippen MR) is 104 cm³/mol. The first-order valence-electron chi connectivity index (χ1n) is 8.10. The van der Waals surface area contributed by atoms with Crippen molar-refractivity contribution in [2.24, 2.45) is 11.7 Å². The summed E-state index contributed by atoms with van der Waals surface area (Å²) in [4.78, 5) is 12.2. The summed E-state index contributed by atoms with van der Waals surface area (Å²) < 4.78 is 2.29. The van der Waals surface area contributed by atoms with E-state index in [1.54, 1.807) is 0 Å². The molecule has 1 amide bonds. The molecule has 1 heterocycles. The van der Waals surface area contributed by atoms with Gasteiger partial charge in [0.05, 0.1) is 5.92 Å². The van der Waals surface area contributed by atoms with Gasteiger partial charge in [-0.05, 0) is 38.1 Å². The van der Waals surface area contributed by atoms with Crippen molar-refractivity contribution in [1.82, 2.24) is 4.57 Å². The van der Waals surface area contributed by atoms with Gasteiger partial charge in [-0.25, -0.2) is 0 Å². The van der Waals surface area contributed by atoms with Gasteiger partial charge in [-0.3, -0.25) is 4.79 Å². The van der Waals surface area contributed by atoms with Gasteiger partial charge in [0.1, 0.15) is 0 Å². The van der Waals surface area contributed by atoms with Gasteiger partial charge < -0.3 is 15.6 Å². The molecule has 0 fully saturated rings. The molecule has 5 heteroatoms. The van der Waals surface area contributed by atoms with Crippen molar-refractivity contribution in [3.63, 3.8) is 0 Å². The molecule has 2 aromatic carbocycles. The monoisotopic (exact) mass is 345 g/mol. The highest BCUT2D eigenvalue weighted by atomic mass is 35.5. The van der Waals surface area contributed by atoms with E-state index in [0.29, 0.717) is 0 Å². The molecule has 0 aliphatic heterocycles. The van der Waals surface area contributed by atoms with Gasteiger partial charge in [0.25, 0.3) is 0 Å². The van der Waals surface area contributed by atoms with Crippen molar-refractivity contribution in [3.05, 3.63) is 42.5 Å². The number of nitrogens with one attached hydrogen (secondary N) is 1. The summed E-state index contributed by atoms with van der Waals surface area (Å²) in [5.74, 6) is -0.263. The summed E-state index contributed by atoms with van der Waals surface area (Å²) in [6, 6.07) is 14.3. The van der Waals surface area contributed by atoms with Crippen LogP contribution < -0.4 is 11.1 Å². The van der Waals surface area contributed by atoms with E-state index in [1.807, 2.05) is 26.0 Å². The number of carbonyl (C=O) groups excluding carboxylic acids is 1. The smallest absolute Gasteiger partial charge is 0.228 e. The number of nitrogens with two attached hydrogens (primary N) is 1. The van der Waals surface area contributed by atoms with E-state index in [-0.39, 0.29) is 30.3 Å². The highest BCUT2D eigenvalue weighted by molar-refractivity contribution is 6.09. The standard InChI is InChI=1S/C19H23N3O.ClH/c1-4-22-17-8-6-5-7-15(17)16-11-14(9-10-18(16)22)21-19(23)12(2)13(3)20;/h5-13H,4,20H2,1-3H3,(H,21,23);1H. The molecular weight excluding hydrogens is 322 g/mol. The van der Waals surface area contributed by atoms with Crippen LogP contribution in [0, 0.1) is 5.92 Å². The zero-order valence-corrected chi connectivity index (χ0v) is 15.1. The van der Waals surface area contributed by atoms with E-state index >= 15 is 0 Å². The van der Waals surface area contributed by atoms with Crippen molar-refractivity contribution >= 4 is 45.8 Å². The summed E-state index contributed by atoms with van der Waals surface area (Å²) in [5, 5.41) is 5.35. The topological polar surface area (TPSA) is 60.0 Å². The fourth-order valence-corrected chi connectivity index (χ4v) is 2.97. The van der Waals surface area contributed by atoms with Gasteiger partial charge in [-0.15, -0.1) is 12.4 Å². The third-order valence-corrected chi connectivity index (χ3v) is 4.56. The maximum atomic E-state index is 12.2. The van der Waals surface area contributed by atoms with Crippen LogP contribution in [0.5, 0.6) is 0 Å². The maximum Gasteiger partial charge on any atom is 0.228 e. The molecule has 24 heavy (non-hydrogen) atoms. The van der Waals surface area contributed by atoms with Gasteiger partial charge in [-0.1, -0.05) is 25.1 Å². The number of aromatic nitrogens is 1. The van der Waals surface area contributed by atoms with Crippen LogP contribution in [0.1, 0.15) is 20.8 Å². The fourth-order valence-electron chi connectivity index (χ4n) is 2.97. The number of anilines is 1. The minimum atomic E-state index is -0.220. The average molecular weight is 346 g/mol. The Morgan fingerprint density at radius 1 is 1.12 bits per heavy atom. The minimum Gasteiger partial charge on any atom is -0.341 e. The molecule has 0 aliphatic rings. The molecule has 0 spiro atoms. The van der Waals surface area contributed by atoms with E-state index in [2.05, 4.69) is 47.1 Å². The van der Waals surface area contributed by atoms with Gasteiger partial charge in [0.2, 0.25) is 5.91 Å². The lowest BCUT2D eigenvalue weighted by atomic mass is 10.0. The largest absolute Gasteiger partial charge is 0.341 e. The van der Waals surface area contributed by atoms with Crippen molar-refractivity contribution in [2.75, 3.05) is 5.32 Å². The van der Waals surface area contributed by atoms with Crippen LogP contribution in [0.15, 0.2) is 42.5 Å². The van der Waals surface area contributed by atoms with E-state index in [1.165, 1.54) is 16.4 Å². The molecule has 0 saturated carbocycles. The molecule has 0 radical (unpaired) electrons. The number of para-hydroxylation sites is 1. The SMILES string of the molecule is CCn1c2ccccc2c2cc(NC(=O)C(C)C(C)N)ccc21.Cl. The Bertz CT molecular complexity index is 870. The maximum absolute atomic E-state index is 12.2. The Hall–Kier alpha value is -2.04.